The highest BCUT2D eigenvalue weighted by Crippen LogP contribution is 2.17. The molecule has 0 aliphatic rings. The number of ketones is 1. The van der Waals surface area contributed by atoms with Crippen LogP contribution in [0.3, 0.4) is 0 Å². The number of rotatable bonds is 22. The zero-order chi connectivity index (χ0) is 25.4. The first-order chi connectivity index (χ1) is 16.5. The summed E-state index contributed by atoms with van der Waals surface area (Å²) in [6, 6.07) is -0.875. The minimum absolute atomic E-state index is 0.203. The summed E-state index contributed by atoms with van der Waals surface area (Å²) in [5.41, 5.74) is 11.1. The maximum Gasteiger partial charge on any atom is 0.372 e. The van der Waals surface area contributed by atoms with Crippen molar-refractivity contribution in [3.05, 3.63) is 12.2 Å². The van der Waals surface area contributed by atoms with Crippen LogP contribution in [0.5, 0.6) is 0 Å². The molecule has 7 heteroatoms. The number of carbonyl (C=O) groups excluding carboxylic acids is 3. The summed E-state index contributed by atoms with van der Waals surface area (Å²) in [6.07, 6.45) is 21.1. The standard InChI is InChI=1S/C27H50N2O5/c1-3-5-6-7-8-9-10-11-12-13-14-15-16-17-20-23(25(30)4-2)26(31)33-34-27(32)24(29)21-18-19-22-28/h11-12,23-24H,3-10,13-22,28-29H2,1-2H3/b12-11-. The van der Waals surface area contributed by atoms with Gasteiger partial charge in [0.25, 0.3) is 0 Å². The zero-order valence-electron chi connectivity index (χ0n) is 21.7. The van der Waals surface area contributed by atoms with E-state index in [9.17, 15) is 14.4 Å². The Balaban J connectivity index is 4.03. The molecule has 2 unspecified atom stereocenters. The Morgan fingerprint density at radius 3 is 1.82 bits per heavy atom. The third-order valence-corrected chi connectivity index (χ3v) is 6.00. The number of Topliss-reactive ketones (excluding diaryl/α,β-unsaturated/α-hetero) is 1. The van der Waals surface area contributed by atoms with Gasteiger partial charge in [-0.1, -0.05) is 83.8 Å². The van der Waals surface area contributed by atoms with Crippen molar-refractivity contribution in [2.24, 2.45) is 17.4 Å². The number of carbonyl (C=O) groups is 3. The first kappa shape index (κ1) is 32.3. The minimum atomic E-state index is -0.900. The average molecular weight is 483 g/mol. The zero-order valence-corrected chi connectivity index (χ0v) is 21.7. The van der Waals surface area contributed by atoms with Crippen molar-refractivity contribution in [2.75, 3.05) is 6.54 Å². The quantitative estimate of drug-likeness (QED) is 0.0668. The Morgan fingerprint density at radius 2 is 1.24 bits per heavy atom. The Morgan fingerprint density at radius 1 is 0.706 bits per heavy atom. The lowest BCUT2D eigenvalue weighted by Gasteiger charge is -2.14. The van der Waals surface area contributed by atoms with Gasteiger partial charge < -0.3 is 11.5 Å². The number of hydrogen-bond acceptors (Lipinski definition) is 7. The Hall–Kier alpha value is -1.73. The number of nitrogens with two attached hydrogens (primary N) is 2. The van der Waals surface area contributed by atoms with Crippen molar-refractivity contribution >= 4 is 17.7 Å². The van der Waals surface area contributed by atoms with Crippen molar-refractivity contribution < 1.29 is 24.2 Å². The van der Waals surface area contributed by atoms with Crippen LogP contribution >= 0.6 is 0 Å². The molecule has 0 heterocycles. The lowest BCUT2D eigenvalue weighted by molar-refractivity contribution is -0.262. The van der Waals surface area contributed by atoms with Crippen LogP contribution in [0.15, 0.2) is 12.2 Å². The molecule has 0 saturated heterocycles. The lowest BCUT2D eigenvalue weighted by Crippen LogP contribution is -2.34. The Kier molecular flexibility index (Phi) is 21.9. The highest BCUT2D eigenvalue weighted by Gasteiger charge is 2.29. The van der Waals surface area contributed by atoms with Gasteiger partial charge >= 0.3 is 11.9 Å². The molecule has 4 N–H and O–H groups in total. The summed E-state index contributed by atoms with van der Waals surface area (Å²) < 4.78 is 0. The van der Waals surface area contributed by atoms with Gasteiger partial charge in [-0.25, -0.2) is 19.4 Å². The second-order valence-electron chi connectivity index (χ2n) is 9.09. The molecule has 0 radical (unpaired) electrons. The third-order valence-electron chi connectivity index (χ3n) is 6.00. The van der Waals surface area contributed by atoms with E-state index < -0.39 is 23.9 Å². The number of hydrogen-bond donors (Lipinski definition) is 2. The SMILES string of the molecule is CCCCCCCC/C=C\CCCCCCC(C(=O)CC)C(=O)OOC(=O)C(N)CCCCN. The molecule has 0 aromatic carbocycles. The van der Waals surface area contributed by atoms with Crippen LogP contribution in [0.25, 0.3) is 0 Å². The number of allylic oxidation sites excluding steroid dienone is 2. The van der Waals surface area contributed by atoms with Crippen molar-refractivity contribution in [3.8, 4) is 0 Å². The largest absolute Gasteiger partial charge is 0.372 e. The van der Waals surface area contributed by atoms with Crippen LogP contribution in [-0.2, 0) is 24.2 Å². The maximum atomic E-state index is 12.3. The molecule has 198 valence electrons. The molecule has 0 bridgehead atoms. The molecule has 34 heavy (non-hydrogen) atoms. The average Bonchev–Trinajstić information content (AvgIpc) is 2.84. The highest BCUT2D eigenvalue weighted by molar-refractivity contribution is 5.98. The van der Waals surface area contributed by atoms with Gasteiger partial charge in [-0.15, -0.1) is 0 Å². The maximum absolute atomic E-state index is 12.3. The van der Waals surface area contributed by atoms with E-state index >= 15 is 0 Å². The lowest BCUT2D eigenvalue weighted by atomic mass is 9.95. The highest BCUT2D eigenvalue weighted by atomic mass is 17.2. The van der Waals surface area contributed by atoms with Crippen molar-refractivity contribution in [3.63, 3.8) is 0 Å². The Bertz CT molecular complexity index is 565. The van der Waals surface area contributed by atoms with Gasteiger partial charge in [-0.05, 0) is 51.5 Å². The van der Waals surface area contributed by atoms with E-state index in [-0.39, 0.29) is 12.2 Å². The van der Waals surface area contributed by atoms with Gasteiger partial charge in [0.05, 0.1) is 0 Å². The van der Waals surface area contributed by atoms with Crippen LogP contribution < -0.4 is 11.5 Å². The fourth-order valence-corrected chi connectivity index (χ4v) is 3.73. The van der Waals surface area contributed by atoms with Gasteiger partial charge in [0.15, 0.2) is 0 Å². The normalized spacial score (nSPS) is 13.1. The van der Waals surface area contributed by atoms with Crippen LogP contribution in [0.1, 0.15) is 123 Å². The number of unbranched alkanes of at least 4 members (excludes halogenated alkanes) is 11. The summed E-state index contributed by atoms with van der Waals surface area (Å²) in [5, 5.41) is 0. The van der Waals surface area contributed by atoms with Gasteiger partial charge in [-0.2, -0.15) is 0 Å². The van der Waals surface area contributed by atoms with Gasteiger partial charge in [0, 0.05) is 6.42 Å². The molecular weight excluding hydrogens is 432 g/mol. The van der Waals surface area contributed by atoms with Crippen LogP contribution in [0.4, 0.5) is 0 Å². The summed E-state index contributed by atoms with van der Waals surface area (Å²) in [7, 11) is 0. The van der Waals surface area contributed by atoms with E-state index in [4.69, 9.17) is 11.5 Å². The topological polar surface area (TPSA) is 122 Å². The first-order valence-corrected chi connectivity index (χ1v) is 13.5. The van der Waals surface area contributed by atoms with E-state index in [1.807, 2.05) is 0 Å². The van der Waals surface area contributed by atoms with Crippen LogP contribution in [0, 0.1) is 5.92 Å². The molecule has 0 aromatic rings. The van der Waals surface area contributed by atoms with E-state index in [0.29, 0.717) is 25.8 Å². The molecular formula is C27H50N2O5. The van der Waals surface area contributed by atoms with Crippen molar-refractivity contribution in [2.45, 2.75) is 129 Å². The summed E-state index contributed by atoms with van der Waals surface area (Å²) in [4.78, 5) is 45.6. The monoisotopic (exact) mass is 482 g/mol. The van der Waals surface area contributed by atoms with Gasteiger partial charge in [-0.3, -0.25) is 4.79 Å². The van der Waals surface area contributed by atoms with E-state index in [1.165, 1.54) is 38.5 Å². The molecule has 0 aliphatic carbocycles. The van der Waals surface area contributed by atoms with Gasteiger partial charge in [0.1, 0.15) is 17.7 Å². The van der Waals surface area contributed by atoms with Crippen molar-refractivity contribution in [1.29, 1.82) is 0 Å². The summed E-state index contributed by atoms with van der Waals surface area (Å²) >= 11 is 0. The molecule has 0 rings (SSSR count). The van der Waals surface area contributed by atoms with E-state index in [0.717, 1.165) is 44.9 Å². The van der Waals surface area contributed by atoms with E-state index in [2.05, 4.69) is 28.9 Å². The predicted molar refractivity (Wildman–Crippen MR) is 137 cm³/mol. The van der Waals surface area contributed by atoms with Gasteiger partial charge in [0.2, 0.25) is 0 Å². The smallest absolute Gasteiger partial charge is 0.330 e. The second-order valence-corrected chi connectivity index (χ2v) is 9.09. The molecule has 0 spiro atoms. The third kappa shape index (κ3) is 17.7. The minimum Gasteiger partial charge on any atom is -0.330 e. The fourth-order valence-electron chi connectivity index (χ4n) is 3.73. The molecule has 7 nitrogen and oxygen atoms in total. The van der Waals surface area contributed by atoms with E-state index in [1.54, 1.807) is 6.92 Å². The second kappa shape index (κ2) is 23.0. The summed E-state index contributed by atoms with van der Waals surface area (Å²) in [5.74, 6) is -2.72. The van der Waals surface area contributed by atoms with Crippen molar-refractivity contribution in [1.82, 2.24) is 0 Å². The molecule has 0 amide bonds. The summed E-state index contributed by atoms with van der Waals surface area (Å²) in [6.45, 7) is 4.47. The Labute approximate surface area is 207 Å². The molecule has 0 fully saturated rings. The predicted octanol–water partition coefficient (Wildman–Crippen LogP) is 5.69. The molecule has 0 saturated carbocycles. The first-order valence-electron chi connectivity index (χ1n) is 13.5. The van der Waals surface area contributed by atoms with Crippen LogP contribution in [0.2, 0.25) is 0 Å². The fraction of sp³-hybridized carbons (Fsp3) is 0.815. The molecule has 0 aliphatic heterocycles. The van der Waals surface area contributed by atoms with Crippen LogP contribution in [-0.4, -0.2) is 30.3 Å². The molecule has 0 aromatic heterocycles. The molecule has 2 atom stereocenters.